The van der Waals surface area contributed by atoms with Gasteiger partial charge in [0.25, 0.3) is 0 Å². The number of fused-ring (bicyclic) bond motifs is 3. The highest BCUT2D eigenvalue weighted by atomic mass is 15.1. The minimum Gasteiger partial charge on any atom is -0.356 e. The molecular formula is C56H50N2. The van der Waals surface area contributed by atoms with Crippen molar-refractivity contribution in [3.8, 4) is 33.4 Å². The topological polar surface area (TPSA) is 15.3 Å². The molecule has 1 N–H and O–H groups in total. The van der Waals surface area contributed by atoms with Gasteiger partial charge in [0.2, 0.25) is 0 Å². The first-order valence-corrected chi connectivity index (χ1v) is 21.2. The average Bonchev–Trinajstić information content (AvgIpc) is 3.25. The molecule has 284 valence electrons. The van der Waals surface area contributed by atoms with Gasteiger partial charge >= 0.3 is 0 Å². The van der Waals surface area contributed by atoms with E-state index in [4.69, 9.17) is 0 Å². The summed E-state index contributed by atoms with van der Waals surface area (Å²) < 4.78 is 0. The molecule has 0 heterocycles. The fourth-order valence-electron chi connectivity index (χ4n) is 8.89. The fraction of sp³-hybridized carbons (Fsp3) is 0.179. The number of hydrogen-bond acceptors (Lipinski definition) is 2. The molecule has 8 aromatic rings. The van der Waals surface area contributed by atoms with Crippen LogP contribution >= 0.6 is 0 Å². The summed E-state index contributed by atoms with van der Waals surface area (Å²) in [4.78, 5) is 2.38. The van der Waals surface area contributed by atoms with Gasteiger partial charge in [0.15, 0.2) is 0 Å². The molecule has 0 aromatic heterocycles. The average molecular weight is 751 g/mol. The maximum Gasteiger partial charge on any atom is 0.0468 e. The number of anilines is 5. The van der Waals surface area contributed by atoms with Gasteiger partial charge in [-0.3, -0.25) is 0 Å². The Hall–Kier alpha value is -6.38. The summed E-state index contributed by atoms with van der Waals surface area (Å²) in [5.74, 6) is 0. The van der Waals surface area contributed by atoms with E-state index in [-0.39, 0.29) is 5.41 Å². The Kier molecular flexibility index (Phi) is 9.21. The molecule has 0 fully saturated rings. The second kappa shape index (κ2) is 14.8. The van der Waals surface area contributed by atoms with Crippen molar-refractivity contribution in [3.63, 3.8) is 0 Å². The van der Waals surface area contributed by atoms with Crippen LogP contribution in [0.15, 0.2) is 170 Å². The number of hydrogen-bond donors (Lipinski definition) is 1. The van der Waals surface area contributed by atoms with Gasteiger partial charge in [-0.2, -0.15) is 0 Å². The van der Waals surface area contributed by atoms with Gasteiger partial charge in [-0.1, -0.05) is 130 Å². The molecule has 0 unspecified atom stereocenters. The largest absolute Gasteiger partial charge is 0.356 e. The molecule has 0 spiro atoms. The molecule has 2 heteroatoms. The van der Waals surface area contributed by atoms with Crippen LogP contribution in [0.1, 0.15) is 61.4 Å². The van der Waals surface area contributed by atoms with Gasteiger partial charge in [0, 0.05) is 28.4 Å². The number of rotatable bonds is 11. The van der Waals surface area contributed by atoms with Gasteiger partial charge in [-0.15, -0.1) is 0 Å². The number of benzene rings is 8. The van der Waals surface area contributed by atoms with Crippen LogP contribution in [0.4, 0.5) is 28.4 Å². The molecule has 10 rings (SSSR count). The molecule has 0 aliphatic heterocycles. The third-order valence-corrected chi connectivity index (χ3v) is 13.4. The molecule has 8 aromatic carbocycles. The first-order valence-electron chi connectivity index (χ1n) is 21.2. The van der Waals surface area contributed by atoms with Crippen molar-refractivity contribution in [1.29, 1.82) is 0 Å². The fourth-order valence-corrected chi connectivity index (χ4v) is 8.89. The van der Waals surface area contributed by atoms with Crippen LogP contribution in [0.2, 0.25) is 0 Å². The van der Waals surface area contributed by atoms with Crippen molar-refractivity contribution in [2.45, 2.75) is 64.7 Å². The zero-order valence-corrected chi connectivity index (χ0v) is 33.9. The van der Waals surface area contributed by atoms with Crippen LogP contribution in [0.5, 0.6) is 0 Å². The maximum atomic E-state index is 3.65. The Labute approximate surface area is 343 Å². The number of nitrogens with zero attached hydrogens (tertiary/aromatic N) is 1. The van der Waals surface area contributed by atoms with Crippen molar-refractivity contribution in [2.24, 2.45) is 0 Å². The van der Waals surface area contributed by atoms with Crippen molar-refractivity contribution in [1.82, 2.24) is 0 Å². The van der Waals surface area contributed by atoms with E-state index in [1.807, 2.05) is 0 Å². The predicted octanol–water partition coefficient (Wildman–Crippen LogP) is 15.3. The molecule has 0 saturated carbocycles. The zero-order valence-electron chi connectivity index (χ0n) is 33.9. The quantitative estimate of drug-likeness (QED) is 0.142. The second-order valence-electron chi connectivity index (χ2n) is 16.7. The molecule has 0 saturated heterocycles. The molecule has 58 heavy (non-hydrogen) atoms. The highest BCUT2D eigenvalue weighted by Gasteiger charge is 2.22. The lowest BCUT2D eigenvalue weighted by Gasteiger charge is -2.27. The molecule has 2 nitrogen and oxygen atoms in total. The monoisotopic (exact) mass is 750 g/mol. The molecule has 0 radical (unpaired) electrons. The molecule has 2 aliphatic carbocycles. The normalized spacial score (nSPS) is 12.9. The minimum absolute atomic E-state index is 0.215. The SMILES string of the molecule is CCC(C)(CC)c1ccc(-c2ccc(N(c3ccc(-c4ccc5c(c4)CC5)cc3)c3ccc4cc(Nc5ccc(-c6ccc7c(c6)CC7)cc5)ccc4c3)cc2)cc1. The van der Waals surface area contributed by atoms with Crippen molar-refractivity contribution in [3.05, 3.63) is 198 Å². The Balaban J connectivity index is 0.938. The molecule has 2 aliphatic rings. The van der Waals surface area contributed by atoms with Crippen LogP contribution in [0, 0.1) is 0 Å². The zero-order chi connectivity index (χ0) is 39.2. The molecule has 0 atom stereocenters. The van der Waals surface area contributed by atoms with Gasteiger partial charge in [-0.05, 0) is 177 Å². The van der Waals surface area contributed by atoms with Gasteiger partial charge in [0.1, 0.15) is 0 Å². The third-order valence-electron chi connectivity index (χ3n) is 13.4. The summed E-state index contributed by atoms with van der Waals surface area (Å²) in [5.41, 5.74) is 20.7. The lowest BCUT2D eigenvalue weighted by Crippen LogP contribution is -2.19. The van der Waals surface area contributed by atoms with Crippen LogP contribution in [0.3, 0.4) is 0 Å². The van der Waals surface area contributed by atoms with Crippen LogP contribution < -0.4 is 10.2 Å². The molecule has 0 amide bonds. The standard InChI is InChI=1S/C56H50N2/c1-4-56(3,5-2)50-24-14-38(15-25-50)39-19-29-53(30-20-39)58(54-31-21-43(22-32-54)47-13-9-41-7-11-45(41)35-47)55-33-23-48-36-52(28-18-49(48)37-55)57-51-26-16-42(17-27-51)46-12-8-40-6-10-44(40)34-46/h8-9,12-37,57H,4-7,10-11H2,1-3H3. The summed E-state index contributed by atoms with van der Waals surface area (Å²) in [7, 11) is 0. The summed E-state index contributed by atoms with van der Waals surface area (Å²) in [6.45, 7) is 6.96. The Morgan fingerprint density at radius 2 is 0.810 bits per heavy atom. The summed E-state index contributed by atoms with van der Waals surface area (Å²) in [6.07, 6.45) is 7.09. The van der Waals surface area contributed by atoms with Crippen LogP contribution in [0.25, 0.3) is 44.2 Å². The number of nitrogens with one attached hydrogen (secondary N) is 1. The van der Waals surface area contributed by atoms with E-state index in [0.717, 1.165) is 41.3 Å². The first kappa shape index (κ1) is 36.0. The summed E-state index contributed by atoms with van der Waals surface area (Å²) >= 11 is 0. The van der Waals surface area contributed by atoms with Gasteiger partial charge < -0.3 is 10.2 Å². The summed E-state index contributed by atoms with van der Waals surface area (Å²) in [6, 6.07) is 63.5. The Morgan fingerprint density at radius 1 is 0.397 bits per heavy atom. The first-order chi connectivity index (χ1) is 28.4. The smallest absolute Gasteiger partial charge is 0.0468 e. The van der Waals surface area contributed by atoms with E-state index in [0.29, 0.717) is 0 Å². The third kappa shape index (κ3) is 6.77. The van der Waals surface area contributed by atoms with Crippen LogP contribution in [-0.2, 0) is 31.1 Å². The highest BCUT2D eigenvalue weighted by molar-refractivity contribution is 5.92. The van der Waals surface area contributed by atoms with E-state index in [1.165, 1.54) is 97.7 Å². The van der Waals surface area contributed by atoms with E-state index >= 15 is 0 Å². The van der Waals surface area contributed by atoms with Crippen molar-refractivity contribution < 1.29 is 0 Å². The summed E-state index contributed by atoms with van der Waals surface area (Å²) in [5, 5.41) is 6.05. The Morgan fingerprint density at radius 3 is 1.31 bits per heavy atom. The second-order valence-corrected chi connectivity index (χ2v) is 16.7. The van der Waals surface area contributed by atoms with Gasteiger partial charge in [0.05, 0.1) is 0 Å². The number of aryl methyl sites for hydroxylation is 4. The molecule has 0 bridgehead atoms. The van der Waals surface area contributed by atoms with E-state index in [2.05, 4.69) is 201 Å². The van der Waals surface area contributed by atoms with Crippen molar-refractivity contribution >= 4 is 39.2 Å². The maximum absolute atomic E-state index is 3.65. The molecular weight excluding hydrogens is 701 g/mol. The highest BCUT2D eigenvalue weighted by Crippen LogP contribution is 2.40. The Bertz CT molecular complexity index is 2750. The van der Waals surface area contributed by atoms with Crippen LogP contribution in [-0.4, -0.2) is 0 Å². The van der Waals surface area contributed by atoms with E-state index in [1.54, 1.807) is 0 Å². The van der Waals surface area contributed by atoms with Gasteiger partial charge in [-0.25, -0.2) is 0 Å². The predicted molar refractivity (Wildman–Crippen MR) is 247 cm³/mol. The lowest BCUT2D eigenvalue weighted by atomic mass is 9.77. The lowest BCUT2D eigenvalue weighted by molar-refractivity contribution is 0.439. The van der Waals surface area contributed by atoms with E-state index < -0.39 is 0 Å². The van der Waals surface area contributed by atoms with E-state index in [9.17, 15) is 0 Å². The minimum atomic E-state index is 0.215. The van der Waals surface area contributed by atoms with Crippen molar-refractivity contribution in [2.75, 3.05) is 10.2 Å².